The van der Waals surface area contributed by atoms with E-state index < -0.39 is 29.8 Å². The number of aliphatic hydroxyl groups excluding tert-OH is 1. The molecule has 2 aromatic rings. The Kier molecular flexibility index (Phi) is 3.85. The summed E-state index contributed by atoms with van der Waals surface area (Å²) in [5, 5.41) is 13.4. The topological polar surface area (TPSA) is 66.6 Å². The number of aliphatic hydroxyl groups is 1. The number of carbonyl (C=O) groups is 1. The number of likely N-dealkylation sites (tertiary alicyclic amines) is 1. The standard InChI is InChI=1S/C15H13F3N2O3/c16-15(17,18)10-3-1-2-9(6-10)13-7-11(21)8-20(13)14(22)12-4-5-23-19-12/h1-6,11,13,21H,7-8H2. The van der Waals surface area contributed by atoms with Crippen LogP contribution < -0.4 is 0 Å². The van der Waals surface area contributed by atoms with Gasteiger partial charge < -0.3 is 14.5 Å². The first-order valence-electron chi connectivity index (χ1n) is 6.93. The highest BCUT2D eigenvalue weighted by Crippen LogP contribution is 2.36. The van der Waals surface area contributed by atoms with Crippen molar-refractivity contribution in [3.63, 3.8) is 0 Å². The van der Waals surface area contributed by atoms with Crippen LogP contribution in [-0.2, 0) is 6.18 Å². The van der Waals surface area contributed by atoms with E-state index in [0.29, 0.717) is 5.56 Å². The van der Waals surface area contributed by atoms with E-state index in [9.17, 15) is 23.1 Å². The molecule has 0 spiro atoms. The SMILES string of the molecule is O=C(c1ccon1)N1CC(O)CC1c1cccc(C(F)(F)F)c1. The van der Waals surface area contributed by atoms with Gasteiger partial charge in [-0.3, -0.25) is 4.79 Å². The smallest absolute Gasteiger partial charge is 0.391 e. The Bertz CT molecular complexity index is 700. The maximum absolute atomic E-state index is 12.9. The number of carbonyl (C=O) groups excluding carboxylic acids is 1. The van der Waals surface area contributed by atoms with E-state index in [1.165, 1.54) is 29.4 Å². The Morgan fingerprint density at radius 3 is 2.78 bits per heavy atom. The van der Waals surface area contributed by atoms with Crippen LogP contribution in [0.25, 0.3) is 0 Å². The number of benzene rings is 1. The first-order valence-corrected chi connectivity index (χ1v) is 6.93. The molecule has 0 aliphatic carbocycles. The van der Waals surface area contributed by atoms with Crippen molar-refractivity contribution < 1.29 is 27.6 Å². The highest BCUT2D eigenvalue weighted by Gasteiger charge is 2.38. The zero-order valence-corrected chi connectivity index (χ0v) is 11.8. The number of β-amino-alcohol motifs (C(OH)–C–C–N with tert-alkyl or cyclic N) is 1. The quantitative estimate of drug-likeness (QED) is 0.921. The number of amides is 1. The summed E-state index contributed by atoms with van der Waals surface area (Å²) in [4.78, 5) is 13.7. The number of nitrogens with zero attached hydrogens (tertiary/aromatic N) is 2. The lowest BCUT2D eigenvalue weighted by Gasteiger charge is -2.24. The predicted octanol–water partition coefficient (Wildman–Crippen LogP) is 2.64. The Hall–Kier alpha value is -2.35. The molecule has 1 amide bonds. The molecule has 5 nitrogen and oxygen atoms in total. The minimum atomic E-state index is -4.46. The molecule has 0 saturated carbocycles. The van der Waals surface area contributed by atoms with Crippen molar-refractivity contribution in [2.75, 3.05) is 6.54 Å². The molecule has 8 heteroatoms. The van der Waals surface area contributed by atoms with Crippen molar-refractivity contribution in [2.24, 2.45) is 0 Å². The van der Waals surface area contributed by atoms with E-state index in [0.717, 1.165) is 12.1 Å². The van der Waals surface area contributed by atoms with Gasteiger partial charge in [0.15, 0.2) is 5.69 Å². The van der Waals surface area contributed by atoms with Crippen LogP contribution in [-0.4, -0.2) is 33.7 Å². The number of rotatable bonds is 2. The number of hydrogen-bond acceptors (Lipinski definition) is 4. The monoisotopic (exact) mass is 326 g/mol. The Morgan fingerprint density at radius 2 is 2.13 bits per heavy atom. The fourth-order valence-electron chi connectivity index (χ4n) is 2.75. The average Bonchev–Trinajstić information content (AvgIpc) is 3.15. The summed E-state index contributed by atoms with van der Waals surface area (Å²) in [6.07, 6.45) is -3.86. The first-order chi connectivity index (χ1) is 10.9. The van der Waals surface area contributed by atoms with E-state index in [4.69, 9.17) is 0 Å². The zero-order chi connectivity index (χ0) is 16.6. The molecule has 122 valence electrons. The van der Waals surface area contributed by atoms with Gasteiger partial charge in [0.2, 0.25) is 0 Å². The molecule has 0 bridgehead atoms. The summed E-state index contributed by atoms with van der Waals surface area (Å²) in [5.74, 6) is -0.488. The minimum absolute atomic E-state index is 0.0343. The third kappa shape index (κ3) is 3.07. The number of alkyl halides is 3. The molecule has 2 unspecified atom stereocenters. The van der Waals surface area contributed by atoms with Gasteiger partial charge in [-0.25, -0.2) is 0 Å². The lowest BCUT2D eigenvalue weighted by Crippen LogP contribution is -2.32. The van der Waals surface area contributed by atoms with Crippen LogP contribution >= 0.6 is 0 Å². The van der Waals surface area contributed by atoms with Gasteiger partial charge in [-0.2, -0.15) is 13.2 Å². The molecule has 1 aliphatic rings. The molecule has 3 rings (SSSR count). The second-order valence-corrected chi connectivity index (χ2v) is 5.37. The van der Waals surface area contributed by atoms with Crippen LogP contribution in [0.1, 0.15) is 34.1 Å². The third-order valence-corrected chi connectivity index (χ3v) is 3.80. The predicted molar refractivity (Wildman–Crippen MR) is 72.3 cm³/mol. The van der Waals surface area contributed by atoms with Gasteiger partial charge in [0.05, 0.1) is 17.7 Å². The summed E-state index contributed by atoms with van der Waals surface area (Å²) >= 11 is 0. The van der Waals surface area contributed by atoms with Crippen molar-refractivity contribution in [3.8, 4) is 0 Å². The van der Waals surface area contributed by atoms with E-state index in [2.05, 4.69) is 9.68 Å². The zero-order valence-electron chi connectivity index (χ0n) is 11.8. The molecular weight excluding hydrogens is 313 g/mol. The molecular formula is C15H13F3N2O3. The molecule has 1 aromatic carbocycles. The Labute approximate surface area is 129 Å². The van der Waals surface area contributed by atoms with E-state index in [-0.39, 0.29) is 18.7 Å². The van der Waals surface area contributed by atoms with Gasteiger partial charge in [0, 0.05) is 12.6 Å². The number of halogens is 3. The molecule has 23 heavy (non-hydrogen) atoms. The second-order valence-electron chi connectivity index (χ2n) is 5.37. The molecule has 1 aliphatic heterocycles. The van der Waals surface area contributed by atoms with Crippen LogP contribution in [0.4, 0.5) is 13.2 Å². The van der Waals surface area contributed by atoms with Crippen LogP contribution in [0.5, 0.6) is 0 Å². The van der Waals surface area contributed by atoms with E-state index in [1.54, 1.807) is 0 Å². The van der Waals surface area contributed by atoms with Crippen molar-refractivity contribution in [2.45, 2.75) is 24.7 Å². The fourth-order valence-corrected chi connectivity index (χ4v) is 2.75. The maximum atomic E-state index is 12.9. The highest BCUT2D eigenvalue weighted by molar-refractivity contribution is 5.92. The van der Waals surface area contributed by atoms with Gasteiger partial charge in [0.1, 0.15) is 6.26 Å². The molecule has 2 atom stereocenters. The second kappa shape index (κ2) is 5.69. The average molecular weight is 326 g/mol. The van der Waals surface area contributed by atoms with Crippen LogP contribution in [0.15, 0.2) is 41.1 Å². The van der Waals surface area contributed by atoms with Gasteiger partial charge in [-0.15, -0.1) is 0 Å². The van der Waals surface area contributed by atoms with E-state index >= 15 is 0 Å². The van der Waals surface area contributed by atoms with E-state index in [1.807, 2.05) is 0 Å². The summed E-state index contributed by atoms with van der Waals surface area (Å²) in [6, 6.07) is 5.51. The van der Waals surface area contributed by atoms with Gasteiger partial charge >= 0.3 is 6.18 Å². The van der Waals surface area contributed by atoms with Crippen LogP contribution in [0.3, 0.4) is 0 Å². The fraction of sp³-hybridized carbons (Fsp3) is 0.333. The third-order valence-electron chi connectivity index (χ3n) is 3.80. The van der Waals surface area contributed by atoms with Crippen molar-refractivity contribution >= 4 is 5.91 Å². The van der Waals surface area contributed by atoms with Crippen molar-refractivity contribution in [3.05, 3.63) is 53.4 Å². The number of aromatic nitrogens is 1. The molecule has 1 N–H and O–H groups in total. The lowest BCUT2D eigenvalue weighted by molar-refractivity contribution is -0.137. The minimum Gasteiger partial charge on any atom is -0.391 e. The molecule has 1 saturated heterocycles. The molecule has 1 aromatic heterocycles. The largest absolute Gasteiger partial charge is 0.416 e. The highest BCUT2D eigenvalue weighted by atomic mass is 19.4. The van der Waals surface area contributed by atoms with Gasteiger partial charge in [-0.1, -0.05) is 17.3 Å². The normalized spacial score (nSPS) is 21.7. The van der Waals surface area contributed by atoms with Crippen LogP contribution in [0, 0.1) is 0 Å². The summed E-state index contributed by atoms with van der Waals surface area (Å²) in [5.41, 5.74) is -0.408. The summed E-state index contributed by atoms with van der Waals surface area (Å²) < 4.78 is 43.2. The summed E-state index contributed by atoms with van der Waals surface area (Å²) in [6.45, 7) is 0.0343. The van der Waals surface area contributed by atoms with Gasteiger partial charge in [0.25, 0.3) is 5.91 Å². The molecule has 1 fully saturated rings. The summed E-state index contributed by atoms with van der Waals surface area (Å²) in [7, 11) is 0. The first kappa shape index (κ1) is 15.5. The number of hydrogen-bond donors (Lipinski definition) is 1. The Morgan fingerprint density at radius 1 is 1.35 bits per heavy atom. The molecule has 2 heterocycles. The molecule has 0 radical (unpaired) electrons. The van der Waals surface area contributed by atoms with Crippen molar-refractivity contribution in [1.82, 2.24) is 10.1 Å². The maximum Gasteiger partial charge on any atom is 0.416 e. The van der Waals surface area contributed by atoms with Crippen molar-refractivity contribution in [1.29, 1.82) is 0 Å². The Balaban J connectivity index is 1.92. The van der Waals surface area contributed by atoms with Crippen LogP contribution in [0.2, 0.25) is 0 Å². The van der Waals surface area contributed by atoms with Gasteiger partial charge in [-0.05, 0) is 24.1 Å². The lowest BCUT2D eigenvalue weighted by atomic mass is 10.0.